The zero-order chi connectivity index (χ0) is 11.9. The number of nitrogens with two attached hydrogens (primary N) is 1. The predicted molar refractivity (Wildman–Crippen MR) is 69.2 cm³/mol. The highest BCUT2D eigenvalue weighted by Gasteiger charge is 2.27. The maximum atomic E-state index is 11.6. The number of rotatable bonds is 2. The van der Waals surface area contributed by atoms with E-state index in [4.69, 9.17) is 5.73 Å². The Morgan fingerprint density at radius 2 is 2.12 bits per heavy atom. The maximum absolute atomic E-state index is 11.6. The molecule has 2 rings (SSSR count). The van der Waals surface area contributed by atoms with Crippen LogP contribution < -0.4 is 5.73 Å². The van der Waals surface area contributed by atoms with Gasteiger partial charge < -0.3 is 5.73 Å². The highest BCUT2D eigenvalue weighted by atomic mass is 32.2. The summed E-state index contributed by atoms with van der Waals surface area (Å²) in [4.78, 5) is 12.7. The fraction of sp³-hybridized carbons (Fsp3) is 0.462. The molecule has 1 aliphatic rings. The molecule has 0 saturated heterocycles. The molecular weight excluding hydrogens is 218 g/mol. The number of hydrogen-bond acceptors (Lipinski definition) is 3. The van der Waals surface area contributed by atoms with Crippen molar-refractivity contribution in [3.8, 4) is 0 Å². The van der Waals surface area contributed by atoms with Crippen LogP contribution in [0.2, 0.25) is 0 Å². The second kappa shape index (κ2) is 3.81. The van der Waals surface area contributed by atoms with Gasteiger partial charge in [-0.2, -0.15) is 0 Å². The third-order valence-electron chi connectivity index (χ3n) is 3.42. The lowest BCUT2D eigenvalue weighted by molar-refractivity contribution is 0.102. The van der Waals surface area contributed by atoms with Gasteiger partial charge in [-0.1, -0.05) is 20.8 Å². The van der Waals surface area contributed by atoms with Crippen LogP contribution in [0.3, 0.4) is 0 Å². The number of thioether (sulfide) groups is 1. The van der Waals surface area contributed by atoms with Crippen LogP contribution in [0.25, 0.3) is 0 Å². The highest BCUT2D eigenvalue weighted by molar-refractivity contribution is 8.00. The van der Waals surface area contributed by atoms with E-state index in [0.29, 0.717) is 5.75 Å². The van der Waals surface area contributed by atoms with Gasteiger partial charge in [-0.15, -0.1) is 11.8 Å². The number of ketones is 1. The largest absolute Gasteiger partial charge is 0.398 e. The molecule has 2 nitrogen and oxygen atoms in total. The lowest BCUT2D eigenvalue weighted by atomic mass is 9.81. The minimum absolute atomic E-state index is 0.0747. The van der Waals surface area contributed by atoms with Gasteiger partial charge in [0.1, 0.15) is 0 Å². The molecule has 0 fully saturated rings. The summed E-state index contributed by atoms with van der Waals surface area (Å²) in [5.74, 6) is 0.762. The van der Waals surface area contributed by atoms with E-state index in [-0.39, 0.29) is 11.2 Å². The van der Waals surface area contributed by atoms with Crippen LogP contribution in [0.5, 0.6) is 0 Å². The lowest BCUT2D eigenvalue weighted by Crippen LogP contribution is -2.18. The molecular formula is C13H17NOS. The molecule has 0 aliphatic carbocycles. The van der Waals surface area contributed by atoms with Gasteiger partial charge in [-0.05, 0) is 29.5 Å². The molecule has 1 aliphatic heterocycles. The van der Waals surface area contributed by atoms with E-state index in [1.165, 1.54) is 0 Å². The zero-order valence-corrected chi connectivity index (χ0v) is 10.8. The van der Waals surface area contributed by atoms with Crippen LogP contribution >= 0.6 is 11.8 Å². The van der Waals surface area contributed by atoms with Crippen LogP contribution in [-0.4, -0.2) is 11.5 Å². The fourth-order valence-electron chi connectivity index (χ4n) is 1.93. The van der Waals surface area contributed by atoms with E-state index < -0.39 is 0 Å². The molecule has 0 spiro atoms. The molecule has 1 aromatic carbocycles. The average Bonchev–Trinajstić information content (AvgIpc) is 2.59. The Bertz CT molecular complexity index is 451. The normalized spacial score (nSPS) is 15.3. The van der Waals surface area contributed by atoms with Crippen molar-refractivity contribution >= 4 is 23.2 Å². The summed E-state index contributed by atoms with van der Waals surface area (Å²) in [5.41, 5.74) is 8.85. The van der Waals surface area contributed by atoms with Gasteiger partial charge in [-0.3, -0.25) is 4.79 Å². The van der Waals surface area contributed by atoms with Gasteiger partial charge in [0.25, 0.3) is 0 Å². The minimum atomic E-state index is 0.0747. The van der Waals surface area contributed by atoms with E-state index >= 15 is 0 Å². The Labute approximate surface area is 101 Å². The van der Waals surface area contributed by atoms with E-state index in [1.807, 2.05) is 6.07 Å². The maximum Gasteiger partial charge on any atom is 0.174 e. The summed E-state index contributed by atoms with van der Waals surface area (Å²) in [6.07, 6.45) is 1.04. The summed E-state index contributed by atoms with van der Waals surface area (Å²) in [5, 5.41) is 0. The van der Waals surface area contributed by atoms with Crippen LogP contribution in [-0.2, 0) is 5.41 Å². The summed E-state index contributed by atoms with van der Waals surface area (Å²) in [7, 11) is 0. The molecule has 0 unspecified atom stereocenters. The Kier molecular flexibility index (Phi) is 2.74. The number of benzene rings is 1. The number of fused-ring (bicyclic) bond motifs is 1. The smallest absolute Gasteiger partial charge is 0.174 e. The van der Waals surface area contributed by atoms with Gasteiger partial charge in [-0.25, -0.2) is 0 Å². The monoisotopic (exact) mass is 235 g/mol. The first-order valence-corrected chi connectivity index (χ1v) is 6.54. The van der Waals surface area contributed by atoms with Crippen molar-refractivity contribution in [3.05, 3.63) is 23.3 Å². The Morgan fingerprint density at radius 3 is 2.75 bits per heavy atom. The average molecular weight is 235 g/mol. The molecule has 0 bridgehead atoms. The molecule has 1 heterocycles. The van der Waals surface area contributed by atoms with Crippen LogP contribution in [0.1, 0.15) is 43.1 Å². The topological polar surface area (TPSA) is 43.1 Å². The van der Waals surface area contributed by atoms with Gasteiger partial charge in [0, 0.05) is 16.1 Å². The fourth-order valence-corrected chi connectivity index (χ4v) is 2.90. The predicted octanol–water partition coefficient (Wildman–Crippen LogP) is 3.24. The second-order valence-corrected chi connectivity index (χ2v) is 5.90. The lowest BCUT2D eigenvalue weighted by Gasteiger charge is -2.25. The summed E-state index contributed by atoms with van der Waals surface area (Å²) < 4.78 is 0. The first-order chi connectivity index (χ1) is 7.45. The standard InChI is InChI=1S/C13H17NOS/c1-4-13(2,3)9-6-12-8(5-10(9)14)11(15)7-16-12/h5-6H,4,7,14H2,1-3H3. The Balaban J connectivity index is 2.55. The van der Waals surface area contributed by atoms with Crippen molar-refractivity contribution in [3.63, 3.8) is 0 Å². The van der Waals surface area contributed by atoms with Gasteiger partial charge in [0.2, 0.25) is 0 Å². The van der Waals surface area contributed by atoms with Crippen LogP contribution in [0.15, 0.2) is 17.0 Å². The molecule has 1 aromatic rings. The molecule has 86 valence electrons. The van der Waals surface area contributed by atoms with Crippen LogP contribution in [0, 0.1) is 0 Å². The van der Waals surface area contributed by atoms with E-state index in [0.717, 1.165) is 28.1 Å². The molecule has 2 N–H and O–H groups in total. The van der Waals surface area contributed by atoms with Crippen molar-refractivity contribution in [1.82, 2.24) is 0 Å². The summed E-state index contributed by atoms with van der Waals surface area (Å²) in [6, 6.07) is 3.95. The number of hydrogen-bond donors (Lipinski definition) is 1. The van der Waals surface area contributed by atoms with Crippen molar-refractivity contribution in [2.75, 3.05) is 11.5 Å². The first kappa shape index (κ1) is 11.5. The van der Waals surface area contributed by atoms with E-state index in [2.05, 4.69) is 26.8 Å². The highest BCUT2D eigenvalue weighted by Crippen LogP contribution is 2.39. The van der Waals surface area contributed by atoms with Crippen molar-refractivity contribution in [2.24, 2.45) is 0 Å². The third-order valence-corrected chi connectivity index (χ3v) is 4.48. The number of carbonyl (C=O) groups excluding carboxylic acids is 1. The number of Topliss-reactive ketones (excluding diaryl/α,β-unsaturated/α-hetero) is 1. The van der Waals surface area contributed by atoms with Crippen molar-refractivity contribution in [1.29, 1.82) is 0 Å². The first-order valence-electron chi connectivity index (χ1n) is 5.55. The SMILES string of the molecule is CCC(C)(C)c1cc2c(cc1N)C(=O)CS2. The molecule has 3 heteroatoms. The van der Waals surface area contributed by atoms with Crippen molar-refractivity contribution in [2.45, 2.75) is 37.5 Å². The van der Waals surface area contributed by atoms with Crippen LogP contribution in [0.4, 0.5) is 5.69 Å². The quantitative estimate of drug-likeness (QED) is 0.800. The molecule has 0 atom stereocenters. The number of nitrogen functional groups attached to an aromatic ring is 1. The Morgan fingerprint density at radius 1 is 1.44 bits per heavy atom. The van der Waals surface area contributed by atoms with Gasteiger partial charge in [0.05, 0.1) is 5.75 Å². The minimum Gasteiger partial charge on any atom is -0.398 e. The summed E-state index contributed by atoms with van der Waals surface area (Å²) in [6.45, 7) is 6.53. The summed E-state index contributed by atoms with van der Waals surface area (Å²) >= 11 is 1.62. The third kappa shape index (κ3) is 1.73. The van der Waals surface area contributed by atoms with Gasteiger partial charge >= 0.3 is 0 Å². The molecule has 0 amide bonds. The number of carbonyl (C=O) groups is 1. The van der Waals surface area contributed by atoms with E-state index in [9.17, 15) is 4.79 Å². The van der Waals surface area contributed by atoms with Gasteiger partial charge in [0.15, 0.2) is 5.78 Å². The Hall–Kier alpha value is -0.960. The number of anilines is 1. The zero-order valence-electron chi connectivity index (χ0n) is 9.96. The second-order valence-electron chi connectivity index (χ2n) is 4.88. The molecule has 0 saturated carbocycles. The molecule has 0 radical (unpaired) electrons. The molecule has 0 aromatic heterocycles. The van der Waals surface area contributed by atoms with E-state index in [1.54, 1.807) is 11.8 Å². The molecule has 16 heavy (non-hydrogen) atoms. The van der Waals surface area contributed by atoms with Crippen molar-refractivity contribution < 1.29 is 4.79 Å².